The van der Waals surface area contributed by atoms with E-state index in [1.165, 1.54) is 6.07 Å². The number of hydrogen-bond acceptors (Lipinski definition) is 12. The number of fused-ring (bicyclic) bond motifs is 2. The molecule has 16 heteroatoms. The number of ether oxygens (including phenoxy) is 2. The summed E-state index contributed by atoms with van der Waals surface area (Å²) in [4.78, 5) is 48.1. The minimum atomic E-state index is -0.382. The van der Waals surface area contributed by atoms with E-state index in [0.29, 0.717) is 63.5 Å². The van der Waals surface area contributed by atoms with Crippen molar-refractivity contribution in [3.63, 3.8) is 0 Å². The van der Waals surface area contributed by atoms with Crippen LogP contribution in [0.2, 0.25) is 0 Å². The van der Waals surface area contributed by atoms with E-state index in [1.807, 2.05) is 46.0 Å². The first kappa shape index (κ1) is 41.4. The van der Waals surface area contributed by atoms with Crippen LogP contribution >= 0.6 is 0 Å². The number of imide groups is 1. The molecule has 3 aromatic carbocycles. The highest BCUT2D eigenvalue weighted by Crippen LogP contribution is 2.33. The standard InChI is InChI=1S/C45H56N10O6/c1-51(39-12-13-42(57)50-44(39)58)30-6-4-7-31(22-30)52-18-14-29(15-19-52)49-45(59)53-20-16-35(17-21-53)61-36-9-5-8-32(23-36)55-33-25-54(26-34(55)28-60-27-33)40(43(47)48)24-38(46)37-10-2-3-11-41(37)56/h2-11,22-24,29,33-35,39,46,56H,12-21,25-28H2,1H3,(H3,47,48)(H,49,59)(H,50,57,58)/b40-24+,46-38?/t33-,34-,39?/m1/s1. The highest BCUT2D eigenvalue weighted by molar-refractivity contribution is 6.12. The first-order chi connectivity index (χ1) is 29.5. The SMILES string of the molecule is CN(c1cccc(N2CCC(NC(=O)N3CCC(Oc4cccc(N5[C@H]6COC[C@H]5CN(/C(=C/C(=N)c5ccccc5O)C(=N)N)C6)c4)CC3)CC2)c1)C1CCC(=O)NC1=O. The number of allylic oxidation sites excluding steroid dienone is 1. The van der Waals surface area contributed by atoms with Gasteiger partial charge in [-0.05, 0) is 67.8 Å². The Morgan fingerprint density at radius 3 is 2.31 bits per heavy atom. The average Bonchev–Trinajstić information content (AvgIpc) is 3.25. The molecule has 5 aliphatic heterocycles. The normalized spacial score (nSPS) is 22.7. The summed E-state index contributed by atoms with van der Waals surface area (Å²) in [5.41, 5.74) is 10.0. The van der Waals surface area contributed by atoms with Gasteiger partial charge in [0.15, 0.2) is 0 Å². The smallest absolute Gasteiger partial charge is 0.317 e. The number of anilines is 3. The molecular formula is C45H56N10O6. The van der Waals surface area contributed by atoms with Crippen LogP contribution in [0.15, 0.2) is 84.6 Å². The number of para-hydroxylation sites is 1. The number of carbonyl (C=O) groups excluding carboxylic acids is 3. The molecule has 3 aromatic rings. The molecule has 3 atom stereocenters. The fourth-order valence-corrected chi connectivity index (χ4v) is 9.31. The Bertz CT molecular complexity index is 2150. The minimum Gasteiger partial charge on any atom is -0.507 e. The summed E-state index contributed by atoms with van der Waals surface area (Å²) >= 11 is 0. The van der Waals surface area contributed by atoms with Crippen LogP contribution in [0.4, 0.5) is 21.9 Å². The van der Waals surface area contributed by atoms with E-state index in [2.05, 4.69) is 44.7 Å². The predicted molar refractivity (Wildman–Crippen MR) is 234 cm³/mol. The van der Waals surface area contributed by atoms with Crippen molar-refractivity contribution in [2.24, 2.45) is 5.73 Å². The second-order valence-corrected chi connectivity index (χ2v) is 16.6. The number of piperidine rings is 3. The lowest BCUT2D eigenvalue weighted by atomic mass is 10.0. The maximum Gasteiger partial charge on any atom is 0.317 e. The van der Waals surface area contributed by atoms with E-state index in [4.69, 9.17) is 26.0 Å². The molecule has 8 rings (SSSR count). The maximum absolute atomic E-state index is 13.4. The molecule has 0 saturated carbocycles. The quantitative estimate of drug-likeness (QED) is 0.0936. The van der Waals surface area contributed by atoms with E-state index < -0.39 is 0 Å². The third-order valence-corrected chi connectivity index (χ3v) is 12.6. The highest BCUT2D eigenvalue weighted by Gasteiger charge is 2.40. The summed E-state index contributed by atoms with van der Waals surface area (Å²) in [5, 5.41) is 33.0. The highest BCUT2D eigenvalue weighted by atomic mass is 16.5. The van der Waals surface area contributed by atoms with E-state index in [9.17, 15) is 19.5 Å². The van der Waals surface area contributed by atoms with Crippen molar-refractivity contribution < 1.29 is 29.0 Å². The number of phenols is 1. The van der Waals surface area contributed by atoms with Crippen LogP contribution < -0.4 is 35.8 Å². The van der Waals surface area contributed by atoms with Crippen LogP contribution in [-0.4, -0.2) is 134 Å². The second kappa shape index (κ2) is 18.1. The number of aromatic hydroxyl groups is 1. The van der Waals surface area contributed by atoms with Crippen LogP contribution in [0.3, 0.4) is 0 Å². The summed E-state index contributed by atoms with van der Waals surface area (Å²) in [7, 11) is 1.89. The summed E-state index contributed by atoms with van der Waals surface area (Å²) in [6, 6.07) is 22.6. The van der Waals surface area contributed by atoms with Crippen molar-refractivity contribution in [1.82, 2.24) is 20.4 Å². The number of carbonyl (C=O) groups is 3. The zero-order valence-electron chi connectivity index (χ0n) is 34.6. The first-order valence-electron chi connectivity index (χ1n) is 21.3. The van der Waals surface area contributed by atoms with Crippen LogP contribution in [0.5, 0.6) is 11.5 Å². The number of phenolic OH excluding ortho intramolecular Hbond substituents is 1. The molecule has 5 fully saturated rings. The number of likely N-dealkylation sites (N-methyl/N-ethyl adjacent to an activating group) is 1. The third-order valence-electron chi connectivity index (χ3n) is 12.6. The van der Waals surface area contributed by atoms with Gasteiger partial charge in [-0.2, -0.15) is 0 Å². The molecule has 5 heterocycles. The molecule has 322 valence electrons. The molecule has 1 unspecified atom stereocenters. The number of amides is 4. The number of nitrogens with zero attached hydrogens (tertiary/aromatic N) is 5. The van der Waals surface area contributed by atoms with Gasteiger partial charge in [0, 0.05) is 100 Å². The molecular weight excluding hydrogens is 777 g/mol. The molecule has 7 N–H and O–H groups in total. The number of amidine groups is 1. The number of piperazine rings is 1. The third kappa shape index (κ3) is 9.38. The Labute approximate surface area is 356 Å². The van der Waals surface area contributed by atoms with E-state index in [1.54, 1.807) is 24.3 Å². The topological polar surface area (TPSA) is 204 Å². The van der Waals surface area contributed by atoms with Gasteiger partial charge in [0.25, 0.3) is 0 Å². The number of benzene rings is 3. The first-order valence-corrected chi connectivity index (χ1v) is 21.3. The van der Waals surface area contributed by atoms with E-state index in [0.717, 1.165) is 61.6 Å². The number of urea groups is 1. The van der Waals surface area contributed by atoms with Crippen molar-refractivity contribution in [3.8, 4) is 11.5 Å². The molecule has 5 saturated heterocycles. The summed E-state index contributed by atoms with van der Waals surface area (Å²) in [5.74, 6) is 0.170. The Kier molecular flexibility index (Phi) is 12.3. The van der Waals surface area contributed by atoms with E-state index in [-0.39, 0.29) is 65.4 Å². The van der Waals surface area contributed by atoms with Crippen LogP contribution in [0.25, 0.3) is 0 Å². The molecule has 4 amide bonds. The van der Waals surface area contributed by atoms with Crippen molar-refractivity contribution in [2.45, 2.75) is 68.8 Å². The summed E-state index contributed by atoms with van der Waals surface area (Å²) in [6.07, 6.45) is 5.50. The molecule has 61 heavy (non-hydrogen) atoms. The predicted octanol–water partition coefficient (Wildman–Crippen LogP) is 3.63. The van der Waals surface area contributed by atoms with Gasteiger partial charge in [0.05, 0.1) is 36.7 Å². The lowest BCUT2D eigenvalue weighted by molar-refractivity contribution is -0.134. The molecule has 0 spiro atoms. The molecule has 2 bridgehead atoms. The van der Waals surface area contributed by atoms with Gasteiger partial charge in [-0.3, -0.25) is 20.3 Å². The number of nitrogens with one attached hydrogen (secondary N) is 4. The van der Waals surface area contributed by atoms with Gasteiger partial charge in [-0.1, -0.05) is 24.3 Å². The van der Waals surface area contributed by atoms with Gasteiger partial charge in [0.2, 0.25) is 11.8 Å². The Morgan fingerprint density at radius 1 is 0.902 bits per heavy atom. The fourth-order valence-electron chi connectivity index (χ4n) is 9.31. The maximum atomic E-state index is 13.4. The van der Waals surface area contributed by atoms with Crippen LogP contribution in [0.1, 0.15) is 44.1 Å². The largest absolute Gasteiger partial charge is 0.507 e. The minimum absolute atomic E-state index is 0.00301. The Balaban J connectivity index is 0.807. The van der Waals surface area contributed by atoms with Crippen LogP contribution in [-0.2, 0) is 14.3 Å². The summed E-state index contributed by atoms with van der Waals surface area (Å²) in [6.45, 7) is 4.91. The zero-order chi connectivity index (χ0) is 42.6. The lowest BCUT2D eigenvalue weighted by Crippen LogP contribution is -2.65. The van der Waals surface area contributed by atoms with Gasteiger partial charge < -0.3 is 55.5 Å². The van der Waals surface area contributed by atoms with Crippen molar-refractivity contribution in [1.29, 1.82) is 10.8 Å². The monoisotopic (exact) mass is 832 g/mol. The number of morpholine rings is 1. The average molecular weight is 833 g/mol. The van der Waals surface area contributed by atoms with Gasteiger partial charge in [-0.25, -0.2) is 4.79 Å². The number of rotatable bonds is 11. The van der Waals surface area contributed by atoms with Gasteiger partial charge in [-0.15, -0.1) is 0 Å². The number of likely N-dealkylation sites (tertiary alicyclic amines) is 1. The van der Waals surface area contributed by atoms with Crippen molar-refractivity contribution >= 4 is 46.5 Å². The molecule has 16 nitrogen and oxygen atoms in total. The number of hydrogen-bond donors (Lipinski definition) is 6. The molecule has 0 aromatic heterocycles. The number of nitrogens with two attached hydrogens (primary N) is 1. The second-order valence-electron chi connectivity index (χ2n) is 16.6. The summed E-state index contributed by atoms with van der Waals surface area (Å²) < 4.78 is 12.5. The van der Waals surface area contributed by atoms with Crippen LogP contribution in [0, 0.1) is 10.8 Å². The molecule has 0 radical (unpaired) electrons. The Hall–Kier alpha value is -6.29. The Morgan fingerprint density at radius 2 is 1.61 bits per heavy atom. The van der Waals surface area contributed by atoms with Gasteiger partial charge >= 0.3 is 6.03 Å². The molecule has 0 aliphatic carbocycles. The van der Waals surface area contributed by atoms with Crippen molar-refractivity contribution in [2.75, 3.05) is 74.2 Å². The fraction of sp³-hybridized carbons (Fsp3) is 0.444. The van der Waals surface area contributed by atoms with Gasteiger partial charge in [0.1, 0.15) is 29.5 Å². The lowest BCUT2D eigenvalue weighted by Gasteiger charge is -2.52. The molecule has 5 aliphatic rings. The zero-order valence-corrected chi connectivity index (χ0v) is 34.6. The van der Waals surface area contributed by atoms with E-state index >= 15 is 0 Å². The van der Waals surface area contributed by atoms with Crippen molar-refractivity contribution in [3.05, 3.63) is 90.1 Å².